The molecule has 0 saturated heterocycles. The van der Waals surface area contributed by atoms with Crippen LogP contribution in [-0.4, -0.2) is 15.4 Å². The highest BCUT2D eigenvalue weighted by atomic mass is 15.3. The molecule has 3 nitrogen and oxygen atoms in total. The molecule has 1 aromatic heterocycles. The highest BCUT2D eigenvalue weighted by Gasteiger charge is 2.07. The maximum atomic E-state index is 4.26. The van der Waals surface area contributed by atoms with Crippen molar-refractivity contribution >= 4 is 11.0 Å². The molecule has 0 radical (unpaired) electrons. The highest BCUT2D eigenvalue weighted by Crippen LogP contribution is 2.20. The predicted octanol–water partition coefficient (Wildman–Crippen LogP) is 3.78. The summed E-state index contributed by atoms with van der Waals surface area (Å²) in [6.07, 6.45) is 7.71. The van der Waals surface area contributed by atoms with Gasteiger partial charge >= 0.3 is 0 Å². The molecule has 1 heterocycles. The lowest BCUT2D eigenvalue weighted by atomic mass is 10.00. The Kier molecular flexibility index (Phi) is 4.13. The lowest BCUT2D eigenvalue weighted by Gasteiger charge is -2.05. The second-order valence-corrected chi connectivity index (χ2v) is 4.72. The fraction of sp³-hybridized carbons (Fsp3) is 0.571. The lowest BCUT2D eigenvalue weighted by Crippen LogP contribution is -1.92. The summed E-state index contributed by atoms with van der Waals surface area (Å²) in [5.74, 6) is 0. The molecule has 0 aliphatic carbocycles. The quantitative estimate of drug-likeness (QED) is 0.769. The molecule has 0 saturated carbocycles. The summed E-state index contributed by atoms with van der Waals surface area (Å²) >= 11 is 0. The fourth-order valence-electron chi connectivity index (χ4n) is 2.29. The zero-order valence-electron chi connectivity index (χ0n) is 10.8. The monoisotopic (exact) mass is 231 g/mol. The minimum absolute atomic E-state index is 0.985. The zero-order valence-corrected chi connectivity index (χ0v) is 10.8. The van der Waals surface area contributed by atoms with E-state index in [-0.39, 0.29) is 0 Å². The first-order valence-electron chi connectivity index (χ1n) is 6.62. The van der Waals surface area contributed by atoms with Gasteiger partial charge in [0.1, 0.15) is 11.0 Å². The van der Waals surface area contributed by atoms with Crippen LogP contribution in [0.3, 0.4) is 0 Å². The van der Waals surface area contributed by atoms with E-state index in [0.717, 1.165) is 17.5 Å². The molecule has 2 aromatic rings. The number of aromatic nitrogens is 3. The van der Waals surface area contributed by atoms with Gasteiger partial charge in [0.2, 0.25) is 0 Å². The molecule has 0 fully saturated rings. The molecule has 2 rings (SSSR count). The van der Waals surface area contributed by atoms with Crippen molar-refractivity contribution in [1.29, 1.82) is 0 Å². The van der Waals surface area contributed by atoms with Gasteiger partial charge in [-0.1, -0.05) is 38.7 Å². The van der Waals surface area contributed by atoms with Gasteiger partial charge in [0.05, 0.1) is 0 Å². The third-order valence-corrected chi connectivity index (χ3v) is 3.36. The first-order chi connectivity index (χ1) is 8.33. The third-order valence-electron chi connectivity index (χ3n) is 3.36. The van der Waals surface area contributed by atoms with Crippen molar-refractivity contribution in [1.82, 2.24) is 15.4 Å². The van der Waals surface area contributed by atoms with E-state index in [1.807, 2.05) is 6.07 Å². The van der Waals surface area contributed by atoms with E-state index in [4.69, 9.17) is 0 Å². The Morgan fingerprint density at radius 3 is 2.71 bits per heavy atom. The van der Waals surface area contributed by atoms with E-state index in [1.165, 1.54) is 43.2 Å². The molecule has 3 heteroatoms. The van der Waals surface area contributed by atoms with Gasteiger partial charge in [-0.05, 0) is 37.0 Å². The van der Waals surface area contributed by atoms with Crippen LogP contribution in [0.5, 0.6) is 0 Å². The Hall–Kier alpha value is -1.38. The van der Waals surface area contributed by atoms with Crippen LogP contribution in [0.4, 0.5) is 0 Å². The van der Waals surface area contributed by atoms with Crippen LogP contribution in [0.2, 0.25) is 0 Å². The number of rotatable bonds is 6. The molecule has 0 atom stereocenters. The van der Waals surface area contributed by atoms with Gasteiger partial charge in [-0.2, -0.15) is 15.4 Å². The average Bonchev–Trinajstić information content (AvgIpc) is 2.79. The number of hydrogen-bond donors (Lipinski definition) is 1. The molecular formula is C14H21N3. The summed E-state index contributed by atoms with van der Waals surface area (Å²) in [5.41, 5.74) is 4.74. The molecular weight excluding hydrogens is 210 g/mol. The van der Waals surface area contributed by atoms with Crippen LogP contribution < -0.4 is 0 Å². The summed E-state index contributed by atoms with van der Waals surface area (Å²) in [4.78, 5) is 0. The smallest absolute Gasteiger partial charge is 0.116 e. The molecule has 0 amide bonds. The summed E-state index contributed by atoms with van der Waals surface area (Å²) < 4.78 is 0. The van der Waals surface area contributed by atoms with Crippen LogP contribution in [0.15, 0.2) is 12.1 Å². The summed E-state index contributed by atoms with van der Waals surface area (Å²) in [6, 6.07) is 4.18. The van der Waals surface area contributed by atoms with Crippen LogP contribution in [-0.2, 0) is 6.42 Å². The number of nitrogens with one attached hydrogen (secondary N) is 1. The fourth-order valence-corrected chi connectivity index (χ4v) is 2.29. The van der Waals surface area contributed by atoms with Crippen LogP contribution in [0, 0.1) is 6.92 Å². The molecule has 0 spiro atoms. The largest absolute Gasteiger partial charge is 0.197 e. The Morgan fingerprint density at radius 2 is 1.88 bits per heavy atom. The first kappa shape index (κ1) is 12.1. The van der Waals surface area contributed by atoms with E-state index >= 15 is 0 Å². The standard InChI is InChI=1S/C14H21N3/c1-3-4-5-6-7-8-12-11(2)9-10-13-14(12)16-17-15-13/h9-10H,3-8H2,1-2H3,(H,15,16,17). The molecule has 17 heavy (non-hydrogen) atoms. The molecule has 0 aliphatic rings. The Bertz CT molecular complexity index is 473. The van der Waals surface area contributed by atoms with Crippen molar-refractivity contribution in [3.05, 3.63) is 23.3 Å². The van der Waals surface area contributed by atoms with Crippen molar-refractivity contribution in [2.24, 2.45) is 0 Å². The van der Waals surface area contributed by atoms with Crippen LogP contribution in [0.25, 0.3) is 11.0 Å². The predicted molar refractivity (Wildman–Crippen MR) is 71.1 cm³/mol. The Morgan fingerprint density at radius 1 is 1.06 bits per heavy atom. The van der Waals surface area contributed by atoms with Crippen LogP contribution in [0.1, 0.15) is 50.2 Å². The van der Waals surface area contributed by atoms with Crippen molar-refractivity contribution in [3.63, 3.8) is 0 Å². The number of aryl methyl sites for hydroxylation is 2. The van der Waals surface area contributed by atoms with Gasteiger partial charge in [-0.15, -0.1) is 0 Å². The van der Waals surface area contributed by atoms with Crippen LogP contribution >= 0.6 is 0 Å². The van der Waals surface area contributed by atoms with Gasteiger partial charge < -0.3 is 0 Å². The van der Waals surface area contributed by atoms with Gasteiger partial charge in [-0.3, -0.25) is 0 Å². The van der Waals surface area contributed by atoms with Crippen molar-refractivity contribution < 1.29 is 0 Å². The minimum atomic E-state index is 0.985. The van der Waals surface area contributed by atoms with E-state index in [0.29, 0.717) is 0 Å². The topological polar surface area (TPSA) is 41.6 Å². The van der Waals surface area contributed by atoms with Gasteiger partial charge in [0, 0.05) is 0 Å². The highest BCUT2D eigenvalue weighted by molar-refractivity contribution is 5.78. The Labute approximate surface area is 103 Å². The normalized spacial score (nSPS) is 11.2. The summed E-state index contributed by atoms with van der Waals surface area (Å²) in [7, 11) is 0. The Balaban J connectivity index is 2.02. The minimum Gasteiger partial charge on any atom is -0.197 e. The number of fused-ring (bicyclic) bond motifs is 1. The van der Waals surface area contributed by atoms with Crippen molar-refractivity contribution in [2.75, 3.05) is 0 Å². The lowest BCUT2D eigenvalue weighted by molar-refractivity contribution is 0.632. The van der Waals surface area contributed by atoms with E-state index in [1.54, 1.807) is 0 Å². The number of hydrogen-bond acceptors (Lipinski definition) is 2. The molecule has 92 valence electrons. The van der Waals surface area contributed by atoms with Gasteiger partial charge in [0.15, 0.2) is 0 Å². The maximum absolute atomic E-state index is 4.26. The molecule has 0 bridgehead atoms. The van der Waals surface area contributed by atoms with Gasteiger partial charge in [0.25, 0.3) is 0 Å². The average molecular weight is 231 g/mol. The second kappa shape index (κ2) is 5.80. The number of nitrogens with zero attached hydrogens (tertiary/aromatic N) is 2. The van der Waals surface area contributed by atoms with E-state index in [9.17, 15) is 0 Å². The van der Waals surface area contributed by atoms with Crippen molar-refractivity contribution in [3.8, 4) is 0 Å². The molecule has 1 aromatic carbocycles. The number of H-pyrrole nitrogens is 1. The SMILES string of the molecule is CCCCCCCc1c(C)ccc2n[nH]nc12. The molecule has 0 unspecified atom stereocenters. The zero-order chi connectivity index (χ0) is 12.1. The summed E-state index contributed by atoms with van der Waals surface area (Å²) in [5, 5.41) is 11.1. The van der Waals surface area contributed by atoms with E-state index in [2.05, 4.69) is 35.3 Å². The second-order valence-electron chi connectivity index (χ2n) is 4.72. The number of aromatic amines is 1. The number of benzene rings is 1. The summed E-state index contributed by atoms with van der Waals surface area (Å²) in [6.45, 7) is 4.41. The first-order valence-corrected chi connectivity index (χ1v) is 6.62. The molecule has 1 N–H and O–H groups in total. The van der Waals surface area contributed by atoms with Crippen molar-refractivity contribution in [2.45, 2.75) is 52.4 Å². The number of unbranched alkanes of at least 4 members (excludes halogenated alkanes) is 4. The third kappa shape index (κ3) is 2.84. The van der Waals surface area contributed by atoms with E-state index < -0.39 is 0 Å². The maximum Gasteiger partial charge on any atom is 0.116 e. The van der Waals surface area contributed by atoms with Gasteiger partial charge in [-0.25, -0.2) is 0 Å². The molecule has 0 aliphatic heterocycles.